The van der Waals surface area contributed by atoms with Crippen molar-refractivity contribution >= 4 is 18.0 Å². The second kappa shape index (κ2) is 9.49. The quantitative estimate of drug-likeness (QED) is 0.604. The molecule has 2 amide bonds. The van der Waals surface area contributed by atoms with Crippen molar-refractivity contribution in [3.05, 3.63) is 59.7 Å². The van der Waals surface area contributed by atoms with Gasteiger partial charge in [0, 0.05) is 13.0 Å². The molecule has 2 aliphatic rings. The number of carboxylic acid groups (broad SMARTS) is 1. The Balaban J connectivity index is 1.46. The van der Waals surface area contributed by atoms with E-state index < -0.39 is 29.6 Å². The molecule has 0 heterocycles. The fourth-order valence-electron chi connectivity index (χ4n) is 5.07. The standard InChI is InChI=1S/C27H32N2O5/c1-4-17(2)23(24(30)29(3)27(25(31)32)14-9-15-27)28-26(33)34-16-22-20-12-7-5-10-18(20)19-11-6-8-13-21(19)22/h5-8,10-13,17,22-23H,4,9,14-16H2,1-3H3,(H,28,33)(H,31,32)/t17-,23-/m0/s1. The fraction of sp³-hybridized carbons (Fsp3) is 0.444. The number of amides is 2. The number of benzene rings is 2. The van der Waals surface area contributed by atoms with E-state index in [0.717, 1.165) is 28.7 Å². The average molecular weight is 465 g/mol. The number of aliphatic carboxylic acids is 1. The Morgan fingerprint density at radius 3 is 2.12 bits per heavy atom. The predicted molar refractivity (Wildman–Crippen MR) is 128 cm³/mol. The van der Waals surface area contributed by atoms with Gasteiger partial charge in [-0.05, 0) is 47.4 Å². The van der Waals surface area contributed by atoms with Gasteiger partial charge in [-0.3, -0.25) is 4.79 Å². The van der Waals surface area contributed by atoms with Gasteiger partial charge in [-0.15, -0.1) is 0 Å². The van der Waals surface area contributed by atoms with Gasteiger partial charge in [-0.25, -0.2) is 9.59 Å². The molecule has 7 nitrogen and oxygen atoms in total. The summed E-state index contributed by atoms with van der Waals surface area (Å²) in [6.07, 6.45) is 1.57. The van der Waals surface area contributed by atoms with Gasteiger partial charge in [-0.1, -0.05) is 68.8 Å². The van der Waals surface area contributed by atoms with Crippen molar-refractivity contribution < 1.29 is 24.2 Å². The highest BCUT2D eigenvalue weighted by Gasteiger charge is 2.51. The van der Waals surface area contributed by atoms with Crippen molar-refractivity contribution in [3.63, 3.8) is 0 Å². The number of carboxylic acids is 1. The summed E-state index contributed by atoms with van der Waals surface area (Å²) in [5.74, 6) is -1.66. The first-order valence-corrected chi connectivity index (χ1v) is 11.9. The Hall–Kier alpha value is -3.35. The monoisotopic (exact) mass is 464 g/mol. The number of alkyl carbamates (subject to hydrolysis) is 1. The van der Waals surface area contributed by atoms with E-state index in [1.807, 2.05) is 50.2 Å². The van der Waals surface area contributed by atoms with Gasteiger partial charge in [0.1, 0.15) is 18.2 Å². The molecule has 1 saturated carbocycles. The van der Waals surface area contributed by atoms with Crippen LogP contribution < -0.4 is 5.32 Å². The van der Waals surface area contributed by atoms with Crippen molar-refractivity contribution in [2.45, 2.75) is 57.0 Å². The zero-order chi connectivity index (χ0) is 24.5. The van der Waals surface area contributed by atoms with E-state index in [4.69, 9.17) is 4.74 Å². The van der Waals surface area contributed by atoms with Gasteiger partial charge in [0.15, 0.2) is 0 Å². The molecule has 34 heavy (non-hydrogen) atoms. The second-order valence-corrected chi connectivity index (χ2v) is 9.42. The maximum atomic E-state index is 13.3. The van der Waals surface area contributed by atoms with E-state index in [9.17, 15) is 19.5 Å². The molecule has 2 aliphatic carbocycles. The molecular formula is C27H32N2O5. The molecule has 180 valence electrons. The van der Waals surface area contributed by atoms with Crippen LogP contribution in [0.4, 0.5) is 4.79 Å². The van der Waals surface area contributed by atoms with Crippen molar-refractivity contribution in [2.75, 3.05) is 13.7 Å². The van der Waals surface area contributed by atoms with Gasteiger partial charge in [0.05, 0.1) is 0 Å². The lowest BCUT2D eigenvalue weighted by molar-refractivity contribution is -0.165. The molecule has 0 saturated heterocycles. The number of rotatable bonds is 8. The van der Waals surface area contributed by atoms with Gasteiger partial charge >= 0.3 is 12.1 Å². The van der Waals surface area contributed by atoms with Crippen molar-refractivity contribution in [2.24, 2.45) is 5.92 Å². The SMILES string of the molecule is CC[C@H](C)[C@H](NC(=O)OCC1c2ccccc2-c2ccccc21)C(=O)N(C)C1(C(=O)O)CCC1. The molecule has 0 aliphatic heterocycles. The Bertz CT molecular complexity index is 1050. The molecule has 2 atom stereocenters. The van der Waals surface area contributed by atoms with Crippen LogP contribution in [-0.4, -0.2) is 53.2 Å². The van der Waals surface area contributed by atoms with Crippen molar-refractivity contribution in [3.8, 4) is 11.1 Å². The lowest BCUT2D eigenvalue weighted by Gasteiger charge is -2.46. The minimum Gasteiger partial charge on any atom is -0.479 e. The minimum absolute atomic E-state index is 0.0798. The fourth-order valence-corrected chi connectivity index (χ4v) is 5.07. The summed E-state index contributed by atoms with van der Waals surface area (Å²) < 4.78 is 5.63. The van der Waals surface area contributed by atoms with Gasteiger partial charge < -0.3 is 20.1 Å². The van der Waals surface area contributed by atoms with Crippen LogP contribution in [0.25, 0.3) is 11.1 Å². The number of carbonyl (C=O) groups is 3. The first-order chi connectivity index (χ1) is 16.3. The van der Waals surface area contributed by atoms with Gasteiger partial charge in [0.2, 0.25) is 5.91 Å². The number of nitrogens with zero attached hydrogens (tertiary/aromatic N) is 1. The van der Waals surface area contributed by atoms with Crippen LogP contribution >= 0.6 is 0 Å². The van der Waals surface area contributed by atoms with Crippen LogP contribution in [0.3, 0.4) is 0 Å². The predicted octanol–water partition coefficient (Wildman–Crippen LogP) is 4.41. The maximum Gasteiger partial charge on any atom is 0.407 e. The van der Waals surface area contributed by atoms with E-state index >= 15 is 0 Å². The zero-order valence-electron chi connectivity index (χ0n) is 19.9. The number of fused-ring (bicyclic) bond motifs is 3. The van der Waals surface area contributed by atoms with E-state index in [1.165, 1.54) is 11.9 Å². The summed E-state index contributed by atoms with van der Waals surface area (Å²) >= 11 is 0. The lowest BCUT2D eigenvalue weighted by Crippen LogP contribution is -2.64. The Morgan fingerprint density at radius 2 is 1.65 bits per heavy atom. The van der Waals surface area contributed by atoms with E-state index in [1.54, 1.807) is 0 Å². The zero-order valence-corrected chi connectivity index (χ0v) is 19.9. The summed E-state index contributed by atoms with van der Waals surface area (Å²) in [7, 11) is 1.52. The van der Waals surface area contributed by atoms with Crippen molar-refractivity contribution in [1.29, 1.82) is 0 Å². The highest BCUT2D eigenvalue weighted by molar-refractivity contribution is 5.92. The number of ether oxygens (including phenoxy) is 1. The third-order valence-electron chi connectivity index (χ3n) is 7.65. The molecule has 2 N–H and O–H groups in total. The van der Waals surface area contributed by atoms with E-state index in [-0.39, 0.29) is 18.4 Å². The highest BCUT2D eigenvalue weighted by Crippen LogP contribution is 2.44. The van der Waals surface area contributed by atoms with Gasteiger partial charge in [-0.2, -0.15) is 0 Å². The van der Waals surface area contributed by atoms with Crippen LogP contribution in [0.15, 0.2) is 48.5 Å². The molecule has 4 rings (SSSR count). The van der Waals surface area contributed by atoms with Crippen LogP contribution in [0.2, 0.25) is 0 Å². The molecule has 7 heteroatoms. The second-order valence-electron chi connectivity index (χ2n) is 9.42. The van der Waals surface area contributed by atoms with Crippen LogP contribution in [0, 0.1) is 5.92 Å². The first-order valence-electron chi connectivity index (χ1n) is 11.9. The summed E-state index contributed by atoms with van der Waals surface area (Å²) in [4.78, 5) is 39.3. The smallest absolute Gasteiger partial charge is 0.407 e. The van der Waals surface area contributed by atoms with Crippen molar-refractivity contribution in [1.82, 2.24) is 10.2 Å². The third-order valence-corrected chi connectivity index (χ3v) is 7.65. The molecule has 0 bridgehead atoms. The summed E-state index contributed by atoms with van der Waals surface area (Å²) in [5, 5.41) is 12.5. The number of hydrogen-bond donors (Lipinski definition) is 2. The summed E-state index contributed by atoms with van der Waals surface area (Å²) in [6, 6.07) is 15.3. The van der Waals surface area contributed by atoms with Crippen LogP contribution in [0.1, 0.15) is 56.6 Å². The van der Waals surface area contributed by atoms with Crippen LogP contribution in [0.5, 0.6) is 0 Å². The number of nitrogens with one attached hydrogen (secondary N) is 1. The molecule has 0 unspecified atom stereocenters. The van der Waals surface area contributed by atoms with E-state index in [0.29, 0.717) is 19.3 Å². The summed E-state index contributed by atoms with van der Waals surface area (Å²) in [6.45, 7) is 3.95. The topological polar surface area (TPSA) is 95.9 Å². The number of hydrogen-bond acceptors (Lipinski definition) is 4. The first kappa shape index (κ1) is 23.8. The lowest BCUT2D eigenvalue weighted by atomic mass is 9.75. The maximum absolute atomic E-state index is 13.3. The molecule has 1 fully saturated rings. The molecule has 0 spiro atoms. The summed E-state index contributed by atoms with van der Waals surface area (Å²) in [5.41, 5.74) is 3.31. The minimum atomic E-state index is -1.19. The largest absolute Gasteiger partial charge is 0.479 e. The highest BCUT2D eigenvalue weighted by atomic mass is 16.5. The average Bonchev–Trinajstić information content (AvgIpc) is 3.13. The Morgan fingerprint density at radius 1 is 1.09 bits per heavy atom. The molecule has 2 aromatic carbocycles. The third kappa shape index (κ3) is 4.04. The number of likely N-dealkylation sites (N-methyl/N-ethyl adjacent to an activating group) is 1. The molecule has 0 aromatic heterocycles. The van der Waals surface area contributed by atoms with Gasteiger partial charge in [0.25, 0.3) is 0 Å². The Kier molecular flexibility index (Phi) is 6.64. The normalized spacial score (nSPS) is 17.5. The Labute approximate surface area is 200 Å². The molecule has 2 aromatic rings. The molecular weight excluding hydrogens is 432 g/mol. The number of carbonyl (C=O) groups excluding carboxylic acids is 2. The van der Waals surface area contributed by atoms with Crippen LogP contribution in [-0.2, 0) is 14.3 Å². The van der Waals surface area contributed by atoms with E-state index in [2.05, 4.69) is 17.4 Å². The molecule has 0 radical (unpaired) electrons.